The lowest BCUT2D eigenvalue weighted by molar-refractivity contribution is 0.666. The summed E-state index contributed by atoms with van der Waals surface area (Å²) < 4.78 is 2.35. The zero-order valence-electron chi connectivity index (χ0n) is 27.8. The van der Waals surface area contributed by atoms with E-state index in [2.05, 4.69) is 170 Å². The van der Waals surface area contributed by atoms with Crippen molar-refractivity contribution in [2.75, 3.05) is 0 Å². The Hall–Kier alpha value is -6.32. The third kappa shape index (κ3) is 3.59. The first-order valence-corrected chi connectivity index (χ1v) is 17.4. The van der Waals surface area contributed by atoms with Gasteiger partial charge in [0.1, 0.15) is 0 Å². The molecule has 2 aromatic heterocycles. The average molecular weight is 638 g/mol. The van der Waals surface area contributed by atoms with E-state index in [-0.39, 0.29) is 5.41 Å². The van der Waals surface area contributed by atoms with Crippen LogP contribution in [0.15, 0.2) is 152 Å². The second kappa shape index (κ2) is 9.87. The Kier molecular flexibility index (Phi) is 5.45. The Bertz CT molecular complexity index is 3070. The molecule has 50 heavy (non-hydrogen) atoms. The maximum Gasteiger partial charge on any atom is 0.235 e. The molecule has 0 N–H and O–H groups in total. The van der Waals surface area contributed by atoms with Crippen molar-refractivity contribution in [2.45, 2.75) is 19.3 Å². The number of hydrogen-bond acceptors (Lipinski definition) is 2. The van der Waals surface area contributed by atoms with E-state index in [0.717, 1.165) is 27.7 Å². The molecular formula is C47H31N3. The van der Waals surface area contributed by atoms with Gasteiger partial charge in [-0.25, -0.2) is 9.97 Å². The zero-order chi connectivity index (χ0) is 33.1. The van der Waals surface area contributed by atoms with Crippen LogP contribution in [0.2, 0.25) is 0 Å². The van der Waals surface area contributed by atoms with Crippen molar-refractivity contribution in [1.82, 2.24) is 14.5 Å². The molecule has 0 unspecified atom stereocenters. The first-order chi connectivity index (χ1) is 24.6. The Morgan fingerprint density at radius 2 is 1.18 bits per heavy atom. The van der Waals surface area contributed by atoms with Crippen molar-refractivity contribution < 1.29 is 0 Å². The normalized spacial score (nSPS) is 13.6. The topological polar surface area (TPSA) is 30.7 Å². The molecule has 2 heterocycles. The molecule has 0 amide bonds. The largest absolute Gasteiger partial charge is 0.277 e. The molecule has 0 atom stereocenters. The van der Waals surface area contributed by atoms with Gasteiger partial charge in [0.15, 0.2) is 0 Å². The summed E-state index contributed by atoms with van der Waals surface area (Å²) in [4.78, 5) is 10.9. The summed E-state index contributed by atoms with van der Waals surface area (Å²) in [5, 5.41) is 11.0. The average Bonchev–Trinajstić information content (AvgIpc) is 3.63. The number of aromatic nitrogens is 3. The molecule has 0 aliphatic heterocycles. The minimum atomic E-state index is -0.175. The summed E-state index contributed by atoms with van der Waals surface area (Å²) in [6.07, 6.45) is 0. The van der Waals surface area contributed by atoms with Crippen LogP contribution in [0.4, 0.5) is 0 Å². The van der Waals surface area contributed by atoms with Gasteiger partial charge in [-0.15, -0.1) is 0 Å². The maximum absolute atomic E-state index is 5.53. The van der Waals surface area contributed by atoms with Crippen molar-refractivity contribution in [3.8, 4) is 28.3 Å². The minimum absolute atomic E-state index is 0.175. The van der Waals surface area contributed by atoms with E-state index >= 15 is 0 Å². The quantitative estimate of drug-likeness (QED) is 0.177. The number of rotatable bonds is 2. The molecule has 1 aliphatic rings. The first-order valence-electron chi connectivity index (χ1n) is 17.4. The number of para-hydroxylation sites is 2. The SMILES string of the molecule is CC1(C)c2ccccc2-c2c1c1ccccc1c1c3ccccc3n(-c3nc(-c4ccc5c(ccc6ccccc65)c4)c4ccccc4n3)c21. The lowest BCUT2D eigenvalue weighted by Gasteiger charge is -2.23. The Morgan fingerprint density at radius 1 is 0.520 bits per heavy atom. The molecule has 0 saturated heterocycles. The van der Waals surface area contributed by atoms with Crippen LogP contribution >= 0.6 is 0 Å². The molecule has 10 aromatic rings. The highest BCUT2D eigenvalue weighted by Gasteiger charge is 2.40. The standard InChI is InChI=1S/C47H31N3/c1-47(2)38-20-10-7-17-35(38)42-43(47)34-16-6-5-15-33(34)41-37-19-9-12-22-40(37)50(45(41)42)46-48-39-21-11-8-18-36(39)44(49-46)30-25-26-32-29(27-30)24-23-28-13-3-4-14-31(28)32/h3-27H,1-2H3. The highest BCUT2D eigenvalue weighted by molar-refractivity contribution is 6.27. The van der Waals surface area contributed by atoms with Gasteiger partial charge >= 0.3 is 0 Å². The molecule has 0 bridgehead atoms. The summed E-state index contributed by atoms with van der Waals surface area (Å²) in [7, 11) is 0. The van der Waals surface area contributed by atoms with Gasteiger partial charge in [-0.1, -0.05) is 147 Å². The molecule has 0 radical (unpaired) electrons. The van der Waals surface area contributed by atoms with E-state index < -0.39 is 0 Å². The van der Waals surface area contributed by atoms with Crippen molar-refractivity contribution in [3.05, 3.63) is 163 Å². The second-order valence-corrected chi connectivity index (χ2v) is 14.2. The minimum Gasteiger partial charge on any atom is -0.277 e. The van der Waals surface area contributed by atoms with Crippen LogP contribution in [0.3, 0.4) is 0 Å². The van der Waals surface area contributed by atoms with Crippen molar-refractivity contribution in [1.29, 1.82) is 0 Å². The lowest BCUT2D eigenvalue weighted by atomic mass is 9.79. The van der Waals surface area contributed by atoms with Crippen LogP contribution in [0.25, 0.3) is 93.4 Å². The third-order valence-electron chi connectivity index (χ3n) is 11.1. The van der Waals surface area contributed by atoms with Crippen LogP contribution in [0.5, 0.6) is 0 Å². The lowest BCUT2D eigenvalue weighted by Crippen LogP contribution is -2.15. The van der Waals surface area contributed by atoms with E-state index in [1.165, 1.54) is 70.9 Å². The molecule has 1 aliphatic carbocycles. The van der Waals surface area contributed by atoms with Crippen LogP contribution in [0, 0.1) is 0 Å². The highest BCUT2D eigenvalue weighted by atomic mass is 15.2. The van der Waals surface area contributed by atoms with E-state index in [1.54, 1.807) is 0 Å². The molecule has 234 valence electrons. The van der Waals surface area contributed by atoms with Gasteiger partial charge < -0.3 is 0 Å². The van der Waals surface area contributed by atoms with Crippen LogP contribution in [0.1, 0.15) is 25.0 Å². The van der Waals surface area contributed by atoms with Crippen molar-refractivity contribution >= 4 is 65.0 Å². The van der Waals surface area contributed by atoms with Gasteiger partial charge in [-0.3, -0.25) is 4.57 Å². The number of nitrogens with zero attached hydrogens (tertiary/aromatic N) is 3. The fraction of sp³-hybridized carbons (Fsp3) is 0.0638. The Morgan fingerprint density at radius 3 is 2.06 bits per heavy atom. The van der Waals surface area contributed by atoms with Gasteiger partial charge in [0.2, 0.25) is 5.95 Å². The van der Waals surface area contributed by atoms with Gasteiger partial charge in [0, 0.05) is 32.7 Å². The number of benzene rings is 8. The fourth-order valence-corrected chi connectivity index (χ4v) is 8.97. The third-order valence-corrected chi connectivity index (χ3v) is 11.1. The number of hydrogen-bond donors (Lipinski definition) is 0. The van der Waals surface area contributed by atoms with Gasteiger partial charge in [0.05, 0.1) is 22.2 Å². The van der Waals surface area contributed by atoms with Crippen LogP contribution < -0.4 is 0 Å². The predicted octanol–water partition coefficient (Wildman–Crippen LogP) is 12.2. The first kappa shape index (κ1) is 27.6. The predicted molar refractivity (Wildman–Crippen MR) is 209 cm³/mol. The Labute approximate surface area is 289 Å². The molecule has 0 fully saturated rings. The second-order valence-electron chi connectivity index (χ2n) is 14.2. The summed E-state index contributed by atoms with van der Waals surface area (Å²) >= 11 is 0. The zero-order valence-corrected chi connectivity index (χ0v) is 27.8. The monoisotopic (exact) mass is 637 g/mol. The molecule has 0 spiro atoms. The molecular weight excluding hydrogens is 607 g/mol. The van der Waals surface area contributed by atoms with E-state index in [0.29, 0.717) is 5.95 Å². The molecule has 0 saturated carbocycles. The Balaban J connectivity index is 1.29. The maximum atomic E-state index is 5.53. The van der Waals surface area contributed by atoms with E-state index in [4.69, 9.17) is 9.97 Å². The smallest absolute Gasteiger partial charge is 0.235 e. The van der Waals surface area contributed by atoms with Crippen molar-refractivity contribution in [2.24, 2.45) is 0 Å². The summed E-state index contributed by atoms with van der Waals surface area (Å²) in [6.45, 7) is 4.74. The van der Waals surface area contributed by atoms with Crippen LogP contribution in [-0.4, -0.2) is 14.5 Å². The fourth-order valence-electron chi connectivity index (χ4n) is 8.97. The summed E-state index contributed by atoms with van der Waals surface area (Å²) in [5.74, 6) is 0.683. The van der Waals surface area contributed by atoms with Crippen LogP contribution in [-0.2, 0) is 5.41 Å². The molecule has 3 heteroatoms. The van der Waals surface area contributed by atoms with Gasteiger partial charge in [-0.2, -0.15) is 0 Å². The van der Waals surface area contributed by atoms with Crippen molar-refractivity contribution in [3.63, 3.8) is 0 Å². The van der Waals surface area contributed by atoms with E-state index in [1.807, 2.05) is 0 Å². The molecule has 8 aromatic carbocycles. The molecule has 3 nitrogen and oxygen atoms in total. The van der Waals surface area contributed by atoms with E-state index in [9.17, 15) is 0 Å². The summed E-state index contributed by atoms with van der Waals surface area (Å²) in [5.41, 5.74) is 10.3. The number of fused-ring (bicyclic) bond motifs is 14. The van der Waals surface area contributed by atoms with Gasteiger partial charge in [0.25, 0.3) is 0 Å². The highest BCUT2D eigenvalue weighted by Crippen LogP contribution is 2.56. The summed E-state index contributed by atoms with van der Waals surface area (Å²) in [6, 6.07) is 54.9. The molecule has 11 rings (SSSR count). The van der Waals surface area contributed by atoms with Gasteiger partial charge in [-0.05, 0) is 67.2 Å².